The molecule has 0 bridgehead atoms. The molecule has 20 heavy (non-hydrogen) atoms. The Kier molecular flexibility index (Phi) is 3.90. The molecule has 3 rings (SSSR count). The van der Waals surface area contributed by atoms with Gasteiger partial charge in [-0.05, 0) is 29.8 Å². The number of aromatic nitrogens is 1. The standard InChI is InChI=1S/C15H13NO3S/c17-9-11-3-5-13(6-4-11)20-10-12-8-15(19-16-12)14-2-1-7-18-14/h1-8,17H,9-10H2. The molecule has 0 aliphatic heterocycles. The molecule has 0 saturated heterocycles. The number of aliphatic hydroxyl groups excluding tert-OH is 1. The van der Waals surface area contributed by atoms with Crippen molar-refractivity contribution in [1.82, 2.24) is 5.16 Å². The van der Waals surface area contributed by atoms with Gasteiger partial charge in [0.2, 0.25) is 5.76 Å². The van der Waals surface area contributed by atoms with Gasteiger partial charge in [-0.15, -0.1) is 11.8 Å². The molecule has 0 aliphatic carbocycles. The maximum atomic E-state index is 8.99. The molecular weight excluding hydrogens is 274 g/mol. The van der Waals surface area contributed by atoms with Gasteiger partial charge in [0.05, 0.1) is 18.6 Å². The quantitative estimate of drug-likeness (QED) is 0.725. The summed E-state index contributed by atoms with van der Waals surface area (Å²) >= 11 is 1.67. The Hall–Kier alpha value is -1.98. The Morgan fingerprint density at radius 1 is 1.10 bits per heavy atom. The van der Waals surface area contributed by atoms with Crippen molar-refractivity contribution < 1.29 is 14.0 Å². The predicted molar refractivity (Wildman–Crippen MR) is 76.1 cm³/mol. The number of thioether (sulfide) groups is 1. The van der Waals surface area contributed by atoms with Gasteiger partial charge >= 0.3 is 0 Å². The summed E-state index contributed by atoms with van der Waals surface area (Å²) in [6, 6.07) is 13.3. The van der Waals surface area contributed by atoms with Gasteiger partial charge in [0.25, 0.3) is 0 Å². The van der Waals surface area contributed by atoms with Crippen LogP contribution in [0.2, 0.25) is 0 Å². The van der Waals surface area contributed by atoms with Gasteiger partial charge in [0.1, 0.15) is 0 Å². The Morgan fingerprint density at radius 3 is 2.65 bits per heavy atom. The molecule has 3 aromatic rings. The largest absolute Gasteiger partial charge is 0.461 e. The molecule has 0 atom stereocenters. The van der Waals surface area contributed by atoms with Crippen LogP contribution in [0.5, 0.6) is 0 Å². The zero-order chi connectivity index (χ0) is 13.8. The van der Waals surface area contributed by atoms with Crippen molar-refractivity contribution in [3.05, 3.63) is 60.0 Å². The maximum Gasteiger partial charge on any atom is 0.202 e. The molecule has 1 aromatic carbocycles. The van der Waals surface area contributed by atoms with Gasteiger partial charge in [0.15, 0.2) is 5.76 Å². The minimum Gasteiger partial charge on any atom is -0.461 e. The van der Waals surface area contributed by atoms with Gasteiger partial charge in [0, 0.05) is 16.7 Å². The van der Waals surface area contributed by atoms with Crippen LogP contribution in [0, 0.1) is 0 Å². The van der Waals surface area contributed by atoms with Crippen LogP contribution in [0.3, 0.4) is 0 Å². The van der Waals surface area contributed by atoms with E-state index < -0.39 is 0 Å². The third kappa shape index (κ3) is 2.95. The molecule has 0 amide bonds. The number of nitrogens with zero attached hydrogens (tertiary/aromatic N) is 1. The number of benzene rings is 1. The fourth-order valence-electron chi connectivity index (χ4n) is 1.76. The zero-order valence-corrected chi connectivity index (χ0v) is 11.5. The first-order valence-corrected chi connectivity index (χ1v) is 7.16. The molecule has 0 saturated carbocycles. The molecular formula is C15H13NO3S. The highest BCUT2D eigenvalue weighted by atomic mass is 32.2. The summed E-state index contributed by atoms with van der Waals surface area (Å²) < 4.78 is 10.5. The van der Waals surface area contributed by atoms with Crippen molar-refractivity contribution in [3.8, 4) is 11.5 Å². The number of hydrogen-bond donors (Lipinski definition) is 1. The summed E-state index contributed by atoms with van der Waals surface area (Å²) in [6.07, 6.45) is 1.61. The fraction of sp³-hybridized carbons (Fsp3) is 0.133. The normalized spacial score (nSPS) is 10.8. The van der Waals surface area contributed by atoms with E-state index in [1.54, 1.807) is 18.0 Å². The average Bonchev–Trinajstić information content (AvgIpc) is 3.16. The van der Waals surface area contributed by atoms with Crippen molar-refractivity contribution in [2.75, 3.05) is 0 Å². The second-order valence-corrected chi connectivity index (χ2v) is 5.30. The number of furan rings is 1. The molecule has 0 radical (unpaired) electrons. The smallest absolute Gasteiger partial charge is 0.202 e. The minimum atomic E-state index is 0.0702. The monoisotopic (exact) mass is 287 g/mol. The summed E-state index contributed by atoms with van der Waals surface area (Å²) in [4.78, 5) is 1.13. The Morgan fingerprint density at radius 2 is 1.95 bits per heavy atom. The van der Waals surface area contributed by atoms with E-state index >= 15 is 0 Å². The van der Waals surface area contributed by atoms with Crippen LogP contribution in [0.15, 0.2) is 62.6 Å². The van der Waals surface area contributed by atoms with Gasteiger partial charge < -0.3 is 14.0 Å². The summed E-state index contributed by atoms with van der Waals surface area (Å²) in [5.41, 5.74) is 1.78. The summed E-state index contributed by atoms with van der Waals surface area (Å²) in [7, 11) is 0. The molecule has 0 spiro atoms. The highest BCUT2D eigenvalue weighted by molar-refractivity contribution is 7.98. The van der Waals surface area contributed by atoms with Crippen LogP contribution >= 0.6 is 11.8 Å². The van der Waals surface area contributed by atoms with Gasteiger partial charge in [-0.3, -0.25) is 0 Å². The van der Waals surface area contributed by atoms with Crippen LogP contribution in [-0.4, -0.2) is 10.3 Å². The van der Waals surface area contributed by atoms with E-state index in [2.05, 4.69) is 5.16 Å². The summed E-state index contributed by atoms with van der Waals surface area (Å²) in [6.45, 7) is 0.0702. The first kappa shape index (κ1) is 13.0. The minimum absolute atomic E-state index is 0.0702. The van der Waals surface area contributed by atoms with Crippen molar-refractivity contribution in [3.63, 3.8) is 0 Å². The Balaban J connectivity index is 1.63. The van der Waals surface area contributed by atoms with Crippen molar-refractivity contribution >= 4 is 11.8 Å². The number of rotatable bonds is 5. The van der Waals surface area contributed by atoms with Gasteiger partial charge in [-0.2, -0.15) is 0 Å². The van der Waals surface area contributed by atoms with Gasteiger partial charge in [-0.25, -0.2) is 0 Å². The molecule has 0 aliphatic rings. The van der Waals surface area contributed by atoms with Gasteiger partial charge in [-0.1, -0.05) is 17.3 Å². The first-order chi connectivity index (χ1) is 9.85. The lowest BCUT2D eigenvalue weighted by atomic mass is 10.2. The lowest BCUT2D eigenvalue weighted by Crippen LogP contribution is -1.83. The zero-order valence-electron chi connectivity index (χ0n) is 10.7. The molecule has 0 unspecified atom stereocenters. The molecule has 2 aromatic heterocycles. The average molecular weight is 287 g/mol. The third-order valence-corrected chi connectivity index (χ3v) is 3.86. The molecule has 5 heteroatoms. The van der Waals surface area contributed by atoms with Crippen LogP contribution < -0.4 is 0 Å². The van der Waals surface area contributed by atoms with E-state index in [0.717, 1.165) is 21.9 Å². The van der Waals surface area contributed by atoms with E-state index in [0.29, 0.717) is 11.5 Å². The lowest BCUT2D eigenvalue weighted by molar-refractivity contribution is 0.282. The Labute approximate surface area is 120 Å². The van der Waals surface area contributed by atoms with Crippen LogP contribution in [0.1, 0.15) is 11.3 Å². The summed E-state index contributed by atoms with van der Waals surface area (Å²) in [5, 5.41) is 13.0. The lowest BCUT2D eigenvalue weighted by Gasteiger charge is -2.00. The number of hydrogen-bond acceptors (Lipinski definition) is 5. The maximum absolute atomic E-state index is 8.99. The highest BCUT2D eigenvalue weighted by Gasteiger charge is 2.09. The molecule has 1 N–H and O–H groups in total. The fourth-order valence-corrected chi connectivity index (χ4v) is 2.54. The van der Waals surface area contributed by atoms with Crippen molar-refractivity contribution in [2.45, 2.75) is 17.3 Å². The molecule has 2 heterocycles. The molecule has 4 nitrogen and oxygen atoms in total. The van der Waals surface area contributed by atoms with E-state index in [-0.39, 0.29) is 6.61 Å². The SMILES string of the molecule is OCc1ccc(SCc2cc(-c3ccco3)on2)cc1. The van der Waals surface area contributed by atoms with Crippen molar-refractivity contribution in [1.29, 1.82) is 0 Å². The second-order valence-electron chi connectivity index (χ2n) is 4.25. The Bertz CT molecular complexity index is 659. The van der Waals surface area contributed by atoms with Crippen LogP contribution in [0.25, 0.3) is 11.5 Å². The predicted octanol–water partition coefficient (Wildman–Crippen LogP) is 3.72. The van der Waals surface area contributed by atoms with E-state index in [1.807, 2.05) is 42.5 Å². The highest BCUT2D eigenvalue weighted by Crippen LogP contribution is 2.26. The van der Waals surface area contributed by atoms with Crippen LogP contribution in [-0.2, 0) is 12.4 Å². The van der Waals surface area contributed by atoms with E-state index in [4.69, 9.17) is 14.0 Å². The molecule has 102 valence electrons. The second kappa shape index (κ2) is 5.98. The summed E-state index contributed by atoms with van der Waals surface area (Å²) in [5.74, 6) is 2.05. The van der Waals surface area contributed by atoms with E-state index in [1.165, 1.54) is 0 Å². The van der Waals surface area contributed by atoms with E-state index in [9.17, 15) is 0 Å². The topological polar surface area (TPSA) is 59.4 Å². The first-order valence-electron chi connectivity index (χ1n) is 6.17. The molecule has 0 fully saturated rings. The number of aliphatic hydroxyl groups is 1. The van der Waals surface area contributed by atoms with Crippen LogP contribution in [0.4, 0.5) is 0 Å². The third-order valence-electron chi connectivity index (χ3n) is 2.82. The van der Waals surface area contributed by atoms with Crippen molar-refractivity contribution in [2.24, 2.45) is 0 Å².